The van der Waals surface area contributed by atoms with E-state index in [1.54, 1.807) is 0 Å². The molecule has 0 aromatic heterocycles. The number of likely N-dealkylation sites (N-methyl/N-ethyl adjacent to an activating group) is 1. The van der Waals surface area contributed by atoms with Crippen LogP contribution in [0.25, 0.3) is 0 Å². The molecular weight excluding hydrogens is 244 g/mol. The van der Waals surface area contributed by atoms with Crippen molar-refractivity contribution in [3.63, 3.8) is 0 Å². The van der Waals surface area contributed by atoms with E-state index < -0.39 is 21.3 Å². The zero-order valence-electron chi connectivity index (χ0n) is 9.85. The molecule has 0 aromatic rings. The average molecular weight is 262 g/mol. The zero-order valence-corrected chi connectivity index (χ0v) is 10.7. The highest BCUT2D eigenvalue weighted by atomic mass is 32.2. The molecule has 98 valence electrons. The molecule has 2 saturated heterocycles. The Bertz CT molecular complexity index is 416. The first-order valence-corrected chi connectivity index (χ1v) is 7.53. The van der Waals surface area contributed by atoms with Crippen molar-refractivity contribution in [1.29, 1.82) is 0 Å². The maximum Gasteiger partial charge on any atom is 0.305 e. The summed E-state index contributed by atoms with van der Waals surface area (Å²) in [5.74, 6) is -0.456. The van der Waals surface area contributed by atoms with Crippen LogP contribution in [0, 0.1) is 0 Å². The van der Waals surface area contributed by atoms with E-state index in [-0.39, 0.29) is 24.0 Å². The molecule has 2 aliphatic heterocycles. The number of hydrogen-bond acceptors (Lipinski definition) is 5. The van der Waals surface area contributed by atoms with Gasteiger partial charge in [0.05, 0.1) is 23.5 Å². The van der Waals surface area contributed by atoms with Crippen LogP contribution in [0.5, 0.6) is 0 Å². The van der Waals surface area contributed by atoms with Gasteiger partial charge in [0.2, 0.25) is 0 Å². The molecule has 0 aromatic carbocycles. The first-order valence-electron chi connectivity index (χ1n) is 5.71. The lowest BCUT2D eigenvalue weighted by atomic mass is 9.85. The van der Waals surface area contributed by atoms with Crippen molar-refractivity contribution in [2.75, 3.05) is 31.6 Å². The molecule has 1 atom stereocenters. The summed E-state index contributed by atoms with van der Waals surface area (Å²) in [7, 11) is -1.08. The third-order valence-corrected chi connectivity index (χ3v) is 5.64. The van der Waals surface area contributed by atoms with Crippen molar-refractivity contribution in [2.24, 2.45) is 0 Å². The van der Waals surface area contributed by atoms with E-state index in [0.717, 1.165) is 0 Å². The second-order valence-electron chi connectivity index (χ2n) is 5.07. The van der Waals surface area contributed by atoms with Crippen LogP contribution in [0.3, 0.4) is 0 Å². The summed E-state index contributed by atoms with van der Waals surface area (Å²) in [5.41, 5.74) is -0.406. The molecule has 17 heavy (non-hydrogen) atoms. The number of aliphatic carboxylic acids is 1. The Labute approximate surface area is 101 Å². The molecule has 0 saturated carbocycles. The molecule has 2 fully saturated rings. The highest BCUT2D eigenvalue weighted by Crippen LogP contribution is 2.29. The van der Waals surface area contributed by atoms with Crippen molar-refractivity contribution in [3.8, 4) is 0 Å². The molecule has 2 aliphatic rings. The first kappa shape index (κ1) is 12.8. The molecule has 0 aliphatic carbocycles. The third-order valence-electron chi connectivity index (χ3n) is 3.89. The normalized spacial score (nSPS) is 30.1. The van der Waals surface area contributed by atoms with E-state index in [2.05, 4.69) is 5.32 Å². The Morgan fingerprint density at radius 3 is 2.53 bits per heavy atom. The van der Waals surface area contributed by atoms with Crippen LogP contribution in [-0.4, -0.2) is 67.6 Å². The van der Waals surface area contributed by atoms with Gasteiger partial charge in [0.15, 0.2) is 9.84 Å². The predicted molar refractivity (Wildman–Crippen MR) is 62.7 cm³/mol. The van der Waals surface area contributed by atoms with E-state index in [1.807, 2.05) is 11.9 Å². The summed E-state index contributed by atoms with van der Waals surface area (Å²) in [6, 6.07) is -0.0403. The smallest absolute Gasteiger partial charge is 0.305 e. The molecule has 2 N–H and O–H groups in total. The van der Waals surface area contributed by atoms with Gasteiger partial charge in [0.25, 0.3) is 0 Å². The molecule has 0 bridgehead atoms. The minimum absolute atomic E-state index is 0.0403. The van der Waals surface area contributed by atoms with Gasteiger partial charge >= 0.3 is 5.97 Å². The lowest BCUT2D eigenvalue weighted by molar-refractivity contribution is -0.142. The maximum absolute atomic E-state index is 11.4. The molecule has 0 radical (unpaired) electrons. The highest BCUT2D eigenvalue weighted by molar-refractivity contribution is 7.91. The van der Waals surface area contributed by atoms with Gasteiger partial charge in [-0.25, -0.2) is 8.42 Å². The molecule has 7 heteroatoms. The fraction of sp³-hybridized carbons (Fsp3) is 0.900. The standard InChI is InChI=1S/C10H18N2O4S/c1-12(8-2-3-17(15,16)5-8)10(4-9(13)14)6-11-7-10/h8,11H,2-7H2,1H3,(H,13,14). The number of carboxylic acid groups (broad SMARTS) is 1. The first-order chi connectivity index (χ1) is 7.85. The fourth-order valence-electron chi connectivity index (χ4n) is 2.66. The van der Waals surface area contributed by atoms with Gasteiger partial charge < -0.3 is 10.4 Å². The highest BCUT2D eigenvalue weighted by Gasteiger charge is 2.47. The number of carbonyl (C=O) groups is 1. The minimum Gasteiger partial charge on any atom is -0.481 e. The number of hydrogen-bond donors (Lipinski definition) is 2. The second kappa shape index (κ2) is 4.22. The Balaban J connectivity index is 2.08. The fourth-order valence-corrected chi connectivity index (χ4v) is 4.44. The van der Waals surface area contributed by atoms with Crippen LogP contribution in [0.15, 0.2) is 0 Å². The number of nitrogens with one attached hydrogen (secondary N) is 1. The van der Waals surface area contributed by atoms with Crippen molar-refractivity contribution in [2.45, 2.75) is 24.4 Å². The van der Waals surface area contributed by atoms with Crippen molar-refractivity contribution in [1.82, 2.24) is 10.2 Å². The Morgan fingerprint density at radius 1 is 1.53 bits per heavy atom. The molecule has 0 amide bonds. The summed E-state index contributed by atoms with van der Waals surface area (Å²) in [6.45, 7) is 1.23. The SMILES string of the molecule is CN(C1CCS(=O)(=O)C1)C1(CC(=O)O)CNC1. The predicted octanol–water partition coefficient (Wildman–Crippen LogP) is -1.08. The van der Waals surface area contributed by atoms with Crippen LogP contribution in [0.2, 0.25) is 0 Å². The van der Waals surface area contributed by atoms with Gasteiger partial charge in [-0.15, -0.1) is 0 Å². The summed E-state index contributed by atoms with van der Waals surface area (Å²) in [6.07, 6.45) is 0.674. The van der Waals surface area contributed by atoms with Crippen LogP contribution in [0.1, 0.15) is 12.8 Å². The molecule has 1 unspecified atom stereocenters. The monoisotopic (exact) mass is 262 g/mol. The lowest BCUT2D eigenvalue weighted by Gasteiger charge is -2.50. The van der Waals surface area contributed by atoms with Crippen LogP contribution in [0.4, 0.5) is 0 Å². The van der Waals surface area contributed by atoms with Crippen LogP contribution >= 0.6 is 0 Å². The van der Waals surface area contributed by atoms with Crippen molar-refractivity contribution in [3.05, 3.63) is 0 Å². The molecule has 6 nitrogen and oxygen atoms in total. The lowest BCUT2D eigenvalue weighted by Crippen LogP contribution is -2.70. The van der Waals surface area contributed by atoms with Crippen LogP contribution in [-0.2, 0) is 14.6 Å². The van der Waals surface area contributed by atoms with Gasteiger partial charge in [-0.1, -0.05) is 0 Å². The van der Waals surface area contributed by atoms with Crippen molar-refractivity contribution >= 4 is 15.8 Å². The van der Waals surface area contributed by atoms with E-state index in [0.29, 0.717) is 19.5 Å². The largest absolute Gasteiger partial charge is 0.481 e. The summed E-state index contributed by atoms with van der Waals surface area (Å²) in [5, 5.41) is 12.0. The summed E-state index contributed by atoms with van der Waals surface area (Å²) >= 11 is 0. The van der Waals surface area contributed by atoms with E-state index in [1.165, 1.54) is 0 Å². The second-order valence-corrected chi connectivity index (χ2v) is 7.29. The molecule has 2 heterocycles. The van der Waals surface area contributed by atoms with Gasteiger partial charge in [-0.3, -0.25) is 9.69 Å². The molecule has 2 rings (SSSR count). The number of nitrogens with zero attached hydrogens (tertiary/aromatic N) is 1. The summed E-state index contributed by atoms with van der Waals surface area (Å²) in [4.78, 5) is 12.8. The van der Waals surface area contributed by atoms with E-state index in [9.17, 15) is 13.2 Å². The number of rotatable bonds is 4. The summed E-state index contributed by atoms with van der Waals surface area (Å²) < 4.78 is 22.9. The van der Waals surface area contributed by atoms with Gasteiger partial charge in [0.1, 0.15) is 0 Å². The Morgan fingerprint density at radius 2 is 2.18 bits per heavy atom. The van der Waals surface area contributed by atoms with Gasteiger partial charge in [-0.05, 0) is 13.5 Å². The molecule has 0 spiro atoms. The number of carboxylic acids is 1. The van der Waals surface area contributed by atoms with Gasteiger partial charge in [-0.2, -0.15) is 0 Å². The average Bonchev–Trinajstić information content (AvgIpc) is 2.51. The Hall–Kier alpha value is -0.660. The molecular formula is C10H18N2O4S. The number of sulfone groups is 1. The van der Waals surface area contributed by atoms with E-state index >= 15 is 0 Å². The van der Waals surface area contributed by atoms with E-state index in [4.69, 9.17) is 5.11 Å². The minimum atomic E-state index is -2.92. The quantitative estimate of drug-likeness (QED) is 0.670. The van der Waals surface area contributed by atoms with Crippen molar-refractivity contribution < 1.29 is 18.3 Å². The topological polar surface area (TPSA) is 86.7 Å². The third kappa shape index (κ3) is 2.46. The Kier molecular flexibility index (Phi) is 3.17. The maximum atomic E-state index is 11.4. The van der Waals surface area contributed by atoms with Gasteiger partial charge in [0, 0.05) is 19.1 Å². The zero-order chi connectivity index (χ0) is 12.7. The van der Waals surface area contributed by atoms with Crippen LogP contribution < -0.4 is 5.32 Å².